The number of nitrogens with one attached hydrogen (secondary N) is 2. The molecule has 0 aliphatic carbocycles. The van der Waals surface area contributed by atoms with Gasteiger partial charge in [-0.1, -0.05) is 39.0 Å². The minimum Gasteiger partial charge on any atom is -0.456 e. The fraction of sp³-hybridized carbons (Fsp3) is 0.375. The van der Waals surface area contributed by atoms with Gasteiger partial charge in [0.1, 0.15) is 5.76 Å². The monoisotopic (exact) mass is 454 g/mol. The Morgan fingerprint density at radius 1 is 1.31 bits per heavy atom. The van der Waals surface area contributed by atoms with Crippen LogP contribution in [0.3, 0.4) is 0 Å². The van der Waals surface area contributed by atoms with Crippen LogP contribution in [0, 0.1) is 0 Å². The van der Waals surface area contributed by atoms with Gasteiger partial charge in [-0.05, 0) is 47.7 Å². The Hall–Kier alpha value is -3.06. The van der Waals surface area contributed by atoms with E-state index < -0.39 is 0 Å². The average Bonchev–Trinajstić information content (AvgIpc) is 3.33. The van der Waals surface area contributed by atoms with Crippen molar-refractivity contribution < 1.29 is 14.0 Å². The molecule has 0 atom stereocenters. The van der Waals surface area contributed by atoms with Gasteiger partial charge >= 0.3 is 0 Å². The van der Waals surface area contributed by atoms with Crippen LogP contribution in [0.2, 0.25) is 5.02 Å². The van der Waals surface area contributed by atoms with Gasteiger partial charge in [0.25, 0.3) is 5.91 Å². The van der Waals surface area contributed by atoms with Crippen LogP contribution in [-0.2, 0) is 23.1 Å². The number of halogens is 1. The van der Waals surface area contributed by atoms with Crippen molar-refractivity contribution in [2.24, 2.45) is 0 Å². The average molecular weight is 455 g/mol. The molecule has 3 aromatic rings. The molecule has 8 heteroatoms. The predicted molar refractivity (Wildman–Crippen MR) is 124 cm³/mol. The van der Waals surface area contributed by atoms with Gasteiger partial charge in [-0.25, -0.2) is 0 Å². The summed E-state index contributed by atoms with van der Waals surface area (Å²) in [7, 11) is 0. The highest BCUT2D eigenvalue weighted by molar-refractivity contribution is 6.32. The number of benzene rings is 1. The first kappa shape index (κ1) is 22.1. The number of carbonyl (C=O) groups excluding carboxylic acids is 2. The van der Waals surface area contributed by atoms with Crippen LogP contribution in [0.15, 0.2) is 41.3 Å². The van der Waals surface area contributed by atoms with Crippen LogP contribution in [0.4, 0.5) is 0 Å². The number of hydrogen-bond donors (Lipinski definition) is 2. The number of aromatic amines is 1. The molecule has 2 amide bonds. The van der Waals surface area contributed by atoms with Crippen LogP contribution in [0.25, 0.3) is 10.9 Å². The van der Waals surface area contributed by atoms with Crippen molar-refractivity contribution in [3.05, 3.63) is 64.7 Å². The van der Waals surface area contributed by atoms with Gasteiger partial charge in [-0.3, -0.25) is 14.7 Å². The summed E-state index contributed by atoms with van der Waals surface area (Å²) in [4.78, 5) is 25.5. The number of carbonyl (C=O) groups is 2. The van der Waals surface area contributed by atoms with Crippen LogP contribution in [0.5, 0.6) is 0 Å². The molecule has 1 aliphatic rings. The molecular weight excluding hydrogens is 428 g/mol. The molecule has 0 saturated carbocycles. The Kier molecular flexibility index (Phi) is 5.86. The maximum absolute atomic E-state index is 12.4. The van der Waals surface area contributed by atoms with Crippen molar-refractivity contribution >= 4 is 34.3 Å². The van der Waals surface area contributed by atoms with E-state index in [2.05, 4.69) is 48.9 Å². The normalized spacial score (nSPS) is 14.4. The van der Waals surface area contributed by atoms with Crippen molar-refractivity contribution in [2.45, 2.75) is 45.1 Å². The lowest BCUT2D eigenvalue weighted by Crippen LogP contribution is -2.60. The molecule has 0 spiro atoms. The lowest BCUT2D eigenvalue weighted by molar-refractivity contribution is -0.130. The first-order valence-corrected chi connectivity index (χ1v) is 11.0. The topological polar surface area (TPSA) is 91.2 Å². The van der Waals surface area contributed by atoms with Gasteiger partial charge in [-0.2, -0.15) is 5.10 Å². The first-order chi connectivity index (χ1) is 15.2. The highest BCUT2D eigenvalue weighted by atomic mass is 35.5. The fourth-order valence-corrected chi connectivity index (χ4v) is 4.31. The lowest BCUT2D eigenvalue weighted by Gasteiger charge is -2.38. The van der Waals surface area contributed by atoms with Crippen molar-refractivity contribution in [2.75, 3.05) is 13.1 Å². The molecule has 1 saturated heterocycles. The van der Waals surface area contributed by atoms with E-state index in [9.17, 15) is 9.59 Å². The summed E-state index contributed by atoms with van der Waals surface area (Å²) in [6, 6.07) is 7.44. The smallest absolute Gasteiger partial charge is 0.287 e. The summed E-state index contributed by atoms with van der Waals surface area (Å²) in [5, 5.41) is 12.1. The van der Waals surface area contributed by atoms with Crippen molar-refractivity contribution in [1.29, 1.82) is 0 Å². The van der Waals surface area contributed by atoms with E-state index in [1.807, 2.05) is 12.1 Å². The van der Waals surface area contributed by atoms with E-state index in [4.69, 9.17) is 16.0 Å². The SMILES string of the molecule is C=CC(=O)N1CC(NC(=O)c2ccc(CCc3[nH]nc4cc(Cl)c(C(C)(C)C)cc34)o2)C1. The summed E-state index contributed by atoms with van der Waals surface area (Å²) in [6.07, 6.45) is 2.60. The Morgan fingerprint density at radius 2 is 2.06 bits per heavy atom. The Labute approximate surface area is 191 Å². The zero-order valence-corrected chi connectivity index (χ0v) is 19.3. The number of rotatable bonds is 6. The Bertz CT molecular complexity index is 1180. The second-order valence-corrected chi connectivity index (χ2v) is 9.59. The molecule has 1 fully saturated rings. The maximum Gasteiger partial charge on any atom is 0.287 e. The van der Waals surface area contributed by atoms with Crippen molar-refractivity contribution in [1.82, 2.24) is 20.4 Å². The van der Waals surface area contributed by atoms with E-state index in [0.29, 0.717) is 31.0 Å². The number of H-pyrrole nitrogens is 1. The van der Waals surface area contributed by atoms with Gasteiger partial charge in [0.05, 0.1) is 11.6 Å². The van der Waals surface area contributed by atoms with Crippen LogP contribution >= 0.6 is 11.6 Å². The fourth-order valence-electron chi connectivity index (χ4n) is 3.87. The molecule has 1 aromatic carbocycles. The second-order valence-electron chi connectivity index (χ2n) is 9.19. The van der Waals surface area contributed by atoms with Gasteiger partial charge in [0.15, 0.2) is 5.76 Å². The maximum atomic E-state index is 12.4. The number of nitrogens with zero attached hydrogens (tertiary/aromatic N) is 2. The van der Waals surface area contributed by atoms with Crippen LogP contribution in [0.1, 0.15) is 48.3 Å². The van der Waals surface area contributed by atoms with Crippen LogP contribution in [-0.4, -0.2) is 46.0 Å². The molecule has 0 radical (unpaired) electrons. The van der Waals surface area contributed by atoms with Crippen molar-refractivity contribution in [3.63, 3.8) is 0 Å². The number of hydrogen-bond acceptors (Lipinski definition) is 4. The van der Waals surface area contributed by atoms with Crippen molar-refractivity contribution in [3.8, 4) is 0 Å². The van der Waals surface area contributed by atoms with E-state index >= 15 is 0 Å². The molecule has 2 aromatic heterocycles. The highest BCUT2D eigenvalue weighted by Crippen LogP contribution is 2.33. The van der Waals surface area contributed by atoms with E-state index in [0.717, 1.165) is 27.9 Å². The third kappa shape index (κ3) is 4.43. The third-order valence-electron chi connectivity index (χ3n) is 5.74. The zero-order valence-electron chi connectivity index (χ0n) is 18.5. The largest absolute Gasteiger partial charge is 0.456 e. The lowest BCUT2D eigenvalue weighted by atomic mass is 9.86. The van der Waals surface area contributed by atoms with Gasteiger partial charge in [0, 0.05) is 35.6 Å². The number of likely N-dealkylation sites (tertiary alicyclic amines) is 1. The Balaban J connectivity index is 1.38. The number of aryl methyl sites for hydroxylation is 2. The second kappa shape index (κ2) is 8.47. The summed E-state index contributed by atoms with van der Waals surface area (Å²) in [6.45, 7) is 10.8. The van der Waals surface area contributed by atoms with Gasteiger partial charge in [0.2, 0.25) is 5.91 Å². The molecule has 7 nitrogen and oxygen atoms in total. The molecule has 3 heterocycles. The molecular formula is C24H27ClN4O3. The number of furan rings is 1. The summed E-state index contributed by atoms with van der Waals surface area (Å²) < 4.78 is 5.75. The quantitative estimate of drug-likeness (QED) is 0.550. The minimum atomic E-state index is -0.275. The van der Waals surface area contributed by atoms with Crippen LogP contribution < -0.4 is 5.32 Å². The third-order valence-corrected chi connectivity index (χ3v) is 6.05. The number of amides is 2. The molecule has 1 aliphatic heterocycles. The number of fused-ring (bicyclic) bond motifs is 1. The molecule has 32 heavy (non-hydrogen) atoms. The van der Waals surface area contributed by atoms with E-state index in [1.165, 1.54) is 6.08 Å². The van der Waals surface area contributed by atoms with E-state index in [-0.39, 0.29) is 29.0 Å². The Morgan fingerprint density at radius 3 is 2.75 bits per heavy atom. The summed E-state index contributed by atoms with van der Waals surface area (Å²) in [5.41, 5.74) is 2.85. The molecule has 168 valence electrons. The minimum absolute atomic E-state index is 0.0693. The summed E-state index contributed by atoms with van der Waals surface area (Å²) >= 11 is 6.45. The number of aromatic nitrogens is 2. The van der Waals surface area contributed by atoms with Gasteiger partial charge < -0.3 is 14.6 Å². The zero-order chi connectivity index (χ0) is 23.0. The molecule has 2 N–H and O–H groups in total. The molecule has 4 rings (SSSR count). The van der Waals surface area contributed by atoms with Gasteiger partial charge in [-0.15, -0.1) is 0 Å². The summed E-state index contributed by atoms with van der Waals surface area (Å²) in [5.74, 6) is 0.590. The highest BCUT2D eigenvalue weighted by Gasteiger charge is 2.31. The van der Waals surface area contributed by atoms with E-state index in [1.54, 1.807) is 11.0 Å². The standard InChI is InChI=1S/C24H27ClN4O3/c1-5-22(30)29-12-14(13-29)26-23(31)21-9-7-15(32-21)6-8-19-16-10-17(24(2,3)4)18(25)11-20(16)28-27-19/h5,7,9-11,14H,1,6,8,12-13H2,2-4H3,(H,26,31)(H,27,28). The predicted octanol–water partition coefficient (Wildman–Crippen LogP) is 4.02. The molecule has 0 unspecified atom stereocenters. The molecule has 0 bridgehead atoms. The first-order valence-electron chi connectivity index (χ1n) is 10.6.